The van der Waals surface area contributed by atoms with Crippen molar-refractivity contribution in [2.45, 2.75) is 64.8 Å². The van der Waals surface area contributed by atoms with Gasteiger partial charge in [-0.2, -0.15) is 0 Å². The molecule has 1 aromatic carbocycles. The average Bonchev–Trinajstić information content (AvgIpc) is 2.91. The molecule has 30 heavy (non-hydrogen) atoms. The third kappa shape index (κ3) is 6.18. The number of aromatic nitrogens is 2. The van der Waals surface area contributed by atoms with Gasteiger partial charge in [0.1, 0.15) is 12.4 Å². The largest absolute Gasteiger partial charge is 0.353 e. The van der Waals surface area contributed by atoms with E-state index in [1.165, 1.54) is 12.8 Å². The minimum absolute atomic E-state index is 0.0358. The fourth-order valence-corrected chi connectivity index (χ4v) is 4.05. The van der Waals surface area contributed by atoms with Gasteiger partial charge >= 0.3 is 0 Å². The zero-order valence-electron chi connectivity index (χ0n) is 18.1. The molecule has 2 amide bonds. The van der Waals surface area contributed by atoms with Crippen LogP contribution in [0, 0.1) is 0 Å². The molecule has 2 heterocycles. The highest BCUT2D eigenvalue weighted by Crippen LogP contribution is 2.19. The number of nitrogens with one attached hydrogen (secondary N) is 1. The Morgan fingerprint density at radius 2 is 1.83 bits per heavy atom. The molecule has 1 aliphatic rings. The van der Waals surface area contributed by atoms with Crippen molar-refractivity contribution < 1.29 is 9.59 Å². The van der Waals surface area contributed by atoms with Crippen LogP contribution < -0.4 is 5.32 Å². The minimum atomic E-state index is -0.0358. The zero-order chi connectivity index (χ0) is 21.2. The van der Waals surface area contributed by atoms with Gasteiger partial charge in [0.2, 0.25) is 11.8 Å². The Kier molecular flexibility index (Phi) is 8.48. The standard InChI is InChI=1S/C24H34N4O2/c1-2-12-23(29)25-16-9-5-6-15-22-26-20-13-7-8-14-21(20)28(22)19-24(30)27-17-10-3-4-11-18-27/h2,7-8,12-14H,3-6,9-11,15-19H2,1H3,(H,25,29)/b12-2+. The first-order chi connectivity index (χ1) is 14.7. The summed E-state index contributed by atoms with van der Waals surface area (Å²) in [6, 6.07) is 8.07. The minimum Gasteiger partial charge on any atom is -0.353 e. The van der Waals surface area contributed by atoms with E-state index in [0.29, 0.717) is 13.1 Å². The van der Waals surface area contributed by atoms with Crippen molar-refractivity contribution in [3.05, 3.63) is 42.2 Å². The lowest BCUT2D eigenvalue weighted by Gasteiger charge is -2.21. The molecule has 6 nitrogen and oxygen atoms in total. The Morgan fingerprint density at radius 1 is 1.07 bits per heavy atom. The molecule has 1 fully saturated rings. The highest BCUT2D eigenvalue weighted by Gasteiger charge is 2.19. The number of hydrogen-bond acceptors (Lipinski definition) is 3. The molecule has 0 spiro atoms. The van der Waals surface area contributed by atoms with Crippen LogP contribution in [0.3, 0.4) is 0 Å². The van der Waals surface area contributed by atoms with Crippen LogP contribution in [-0.2, 0) is 22.6 Å². The molecule has 2 aromatic rings. The fourth-order valence-electron chi connectivity index (χ4n) is 4.05. The van der Waals surface area contributed by atoms with Gasteiger partial charge in [-0.15, -0.1) is 0 Å². The topological polar surface area (TPSA) is 67.2 Å². The number of rotatable bonds is 9. The van der Waals surface area contributed by atoms with Crippen LogP contribution in [-0.4, -0.2) is 45.9 Å². The summed E-state index contributed by atoms with van der Waals surface area (Å²) in [6.45, 7) is 4.64. The van der Waals surface area contributed by atoms with E-state index in [2.05, 4.69) is 16.0 Å². The van der Waals surface area contributed by atoms with E-state index in [1.54, 1.807) is 12.2 Å². The zero-order valence-corrected chi connectivity index (χ0v) is 18.1. The number of imidazole rings is 1. The number of fused-ring (bicyclic) bond motifs is 1. The summed E-state index contributed by atoms with van der Waals surface area (Å²) in [4.78, 5) is 31.3. The van der Waals surface area contributed by atoms with Crippen molar-refractivity contribution in [2.75, 3.05) is 19.6 Å². The molecule has 162 valence electrons. The molecular weight excluding hydrogens is 376 g/mol. The van der Waals surface area contributed by atoms with E-state index in [-0.39, 0.29) is 11.8 Å². The third-order valence-corrected chi connectivity index (χ3v) is 5.68. The maximum absolute atomic E-state index is 13.0. The molecule has 0 saturated carbocycles. The second kappa shape index (κ2) is 11.5. The Morgan fingerprint density at radius 3 is 2.60 bits per heavy atom. The second-order valence-corrected chi connectivity index (χ2v) is 8.00. The summed E-state index contributed by atoms with van der Waals surface area (Å²) in [6.07, 6.45) is 11.7. The fraction of sp³-hybridized carbons (Fsp3) is 0.542. The van der Waals surface area contributed by atoms with Crippen molar-refractivity contribution >= 4 is 22.8 Å². The SMILES string of the molecule is C/C=C/C(=O)NCCCCCc1nc2ccccc2n1CC(=O)N1CCCCCC1. The van der Waals surface area contributed by atoms with Crippen molar-refractivity contribution in [2.24, 2.45) is 0 Å². The van der Waals surface area contributed by atoms with Gasteiger partial charge < -0.3 is 14.8 Å². The number of para-hydroxylation sites is 2. The van der Waals surface area contributed by atoms with Crippen molar-refractivity contribution in [1.29, 1.82) is 0 Å². The van der Waals surface area contributed by atoms with E-state index in [1.807, 2.05) is 30.0 Å². The number of allylic oxidation sites excluding steroid dienone is 1. The summed E-state index contributed by atoms with van der Waals surface area (Å²) in [7, 11) is 0. The lowest BCUT2D eigenvalue weighted by molar-refractivity contribution is -0.131. The Balaban J connectivity index is 1.59. The van der Waals surface area contributed by atoms with Gasteiger partial charge in [-0.25, -0.2) is 4.98 Å². The van der Waals surface area contributed by atoms with Gasteiger partial charge in [-0.1, -0.05) is 37.5 Å². The summed E-state index contributed by atoms with van der Waals surface area (Å²) in [5.41, 5.74) is 1.99. The van der Waals surface area contributed by atoms with E-state index in [0.717, 1.165) is 68.5 Å². The lowest BCUT2D eigenvalue weighted by atomic mass is 10.2. The number of unbranched alkanes of at least 4 members (excludes halogenated alkanes) is 2. The normalized spacial score (nSPS) is 14.9. The molecule has 0 unspecified atom stereocenters. The average molecular weight is 411 g/mol. The number of benzene rings is 1. The summed E-state index contributed by atoms with van der Waals surface area (Å²) < 4.78 is 2.11. The van der Waals surface area contributed by atoms with Gasteiger partial charge in [0.15, 0.2) is 0 Å². The van der Waals surface area contributed by atoms with Gasteiger partial charge in [0.05, 0.1) is 11.0 Å². The molecule has 0 radical (unpaired) electrons. The molecular formula is C24H34N4O2. The maximum atomic E-state index is 13.0. The predicted octanol–water partition coefficient (Wildman–Crippen LogP) is 3.84. The first kappa shape index (κ1) is 22.1. The van der Waals surface area contributed by atoms with Gasteiger partial charge in [0.25, 0.3) is 0 Å². The first-order valence-corrected chi connectivity index (χ1v) is 11.3. The van der Waals surface area contributed by atoms with Crippen molar-refractivity contribution in [3.63, 3.8) is 0 Å². The van der Waals surface area contributed by atoms with E-state index in [4.69, 9.17) is 4.98 Å². The molecule has 1 aromatic heterocycles. The number of amides is 2. The molecule has 1 saturated heterocycles. The van der Waals surface area contributed by atoms with Crippen LogP contribution in [0.4, 0.5) is 0 Å². The van der Waals surface area contributed by atoms with Crippen LogP contribution in [0.25, 0.3) is 11.0 Å². The number of carbonyl (C=O) groups is 2. The molecule has 1 N–H and O–H groups in total. The predicted molar refractivity (Wildman–Crippen MR) is 120 cm³/mol. The third-order valence-electron chi connectivity index (χ3n) is 5.68. The lowest BCUT2D eigenvalue weighted by Crippen LogP contribution is -2.34. The number of likely N-dealkylation sites (tertiary alicyclic amines) is 1. The molecule has 0 aliphatic carbocycles. The Labute approximate surface area is 179 Å². The van der Waals surface area contributed by atoms with Gasteiger partial charge in [-0.05, 0) is 50.8 Å². The van der Waals surface area contributed by atoms with Crippen LogP contribution in [0.1, 0.15) is 57.7 Å². The number of aryl methyl sites for hydroxylation is 1. The summed E-state index contributed by atoms with van der Waals surface area (Å²) >= 11 is 0. The first-order valence-electron chi connectivity index (χ1n) is 11.3. The highest BCUT2D eigenvalue weighted by atomic mass is 16.2. The van der Waals surface area contributed by atoms with Crippen LogP contribution >= 0.6 is 0 Å². The van der Waals surface area contributed by atoms with Crippen molar-refractivity contribution in [3.8, 4) is 0 Å². The second-order valence-electron chi connectivity index (χ2n) is 8.00. The molecule has 3 rings (SSSR count). The molecule has 6 heteroatoms. The summed E-state index contributed by atoms with van der Waals surface area (Å²) in [5, 5.41) is 2.89. The summed E-state index contributed by atoms with van der Waals surface area (Å²) in [5.74, 6) is 1.15. The Bertz CT molecular complexity index is 863. The van der Waals surface area contributed by atoms with E-state index in [9.17, 15) is 9.59 Å². The molecule has 0 atom stereocenters. The molecule has 0 bridgehead atoms. The van der Waals surface area contributed by atoms with Crippen LogP contribution in [0.2, 0.25) is 0 Å². The van der Waals surface area contributed by atoms with Crippen LogP contribution in [0.15, 0.2) is 36.4 Å². The van der Waals surface area contributed by atoms with Gasteiger partial charge in [-0.3, -0.25) is 9.59 Å². The number of carbonyl (C=O) groups excluding carboxylic acids is 2. The highest BCUT2D eigenvalue weighted by molar-refractivity contribution is 5.87. The molecule has 1 aliphatic heterocycles. The van der Waals surface area contributed by atoms with Gasteiger partial charge in [0, 0.05) is 26.1 Å². The number of hydrogen-bond donors (Lipinski definition) is 1. The quantitative estimate of drug-likeness (QED) is 0.504. The monoisotopic (exact) mass is 410 g/mol. The smallest absolute Gasteiger partial charge is 0.243 e. The van der Waals surface area contributed by atoms with E-state index >= 15 is 0 Å². The van der Waals surface area contributed by atoms with E-state index < -0.39 is 0 Å². The van der Waals surface area contributed by atoms with Crippen LogP contribution in [0.5, 0.6) is 0 Å². The maximum Gasteiger partial charge on any atom is 0.243 e. The number of nitrogens with zero attached hydrogens (tertiary/aromatic N) is 3. The Hall–Kier alpha value is -2.63. The van der Waals surface area contributed by atoms with Crippen molar-refractivity contribution in [1.82, 2.24) is 19.8 Å².